The van der Waals surface area contributed by atoms with Gasteiger partial charge in [-0.3, -0.25) is 4.98 Å². The number of aliphatic hydroxyl groups is 1. The second-order valence-electron chi connectivity index (χ2n) is 6.47. The first-order valence-electron chi connectivity index (χ1n) is 10.6. The van der Waals surface area contributed by atoms with Crippen molar-refractivity contribution in [3.05, 3.63) is 60.0 Å². The van der Waals surface area contributed by atoms with E-state index < -0.39 is 6.10 Å². The zero-order valence-corrected chi connectivity index (χ0v) is 19.5. The van der Waals surface area contributed by atoms with Crippen molar-refractivity contribution in [1.82, 2.24) is 9.97 Å². The number of aromatic nitrogens is 2. The summed E-state index contributed by atoms with van der Waals surface area (Å²) in [7, 11) is 1.84. The minimum atomic E-state index is -0.503. The minimum absolute atomic E-state index is 0.503. The van der Waals surface area contributed by atoms with Gasteiger partial charge in [-0.15, -0.1) is 0 Å². The first-order valence-corrected chi connectivity index (χ1v) is 10.6. The first kappa shape index (κ1) is 26.5. The predicted molar refractivity (Wildman–Crippen MR) is 129 cm³/mol. The van der Waals surface area contributed by atoms with Gasteiger partial charge in [0.15, 0.2) is 0 Å². The van der Waals surface area contributed by atoms with Gasteiger partial charge in [-0.2, -0.15) is 0 Å². The normalized spacial score (nSPS) is 12.3. The van der Waals surface area contributed by atoms with E-state index in [4.69, 9.17) is 0 Å². The van der Waals surface area contributed by atoms with Gasteiger partial charge in [-0.1, -0.05) is 59.8 Å². The summed E-state index contributed by atoms with van der Waals surface area (Å²) in [6, 6.07) is 4.01. The molecule has 1 atom stereocenters. The molecule has 0 bridgehead atoms. The summed E-state index contributed by atoms with van der Waals surface area (Å²) in [6.07, 6.45) is 9.09. The summed E-state index contributed by atoms with van der Waals surface area (Å²) < 4.78 is 0. The molecule has 0 fully saturated rings. The van der Waals surface area contributed by atoms with Crippen LogP contribution in [-0.4, -0.2) is 28.2 Å². The van der Waals surface area contributed by atoms with E-state index in [-0.39, 0.29) is 0 Å². The van der Waals surface area contributed by atoms with Crippen molar-refractivity contribution in [3.63, 3.8) is 0 Å². The Balaban J connectivity index is 0.00000143. The Kier molecular flexibility index (Phi) is 13.3. The van der Waals surface area contributed by atoms with Gasteiger partial charge in [-0.25, -0.2) is 4.98 Å². The van der Waals surface area contributed by atoms with Gasteiger partial charge in [-0.05, 0) is 43.1 Å². The average molecular weight is 398 g/mol. The maximum absolute atomic E-state index is 9.90. The number of aliphatic hydroxyl groups excluding tert-OH is 1. The largest absolute Gasteiger partial charge is 0.388 e. The molecule has 0 radical (unpaired) electrons. The molecule has 2 aromatic heterocycles. The molecule has 29 heavy (non-hydrogen) atoms. The van der Waals surface area contributed by atoms with Crippen molar-refractivity contribution in [1.29, 1.82) is 0 Å². The van der Waals surface area contributed by atoms with Crippen LogP contribution in [0.5, 0.6) is 0 Å². The van der Waals surface area contributed by atoms with Crippen molar-refractivity contribution >= 4 is 22.3 Å². The molecule has 4 nitrogen and oxygen atoms in total. The summed E-state index contributed by atoms with van der Waals surface area (Å²) in [4.78, 5) is 8.90. The number of hydrogen-bond donors (Lipinski definition) is 2. The molecule has 160 valence electrons. The highest BCUT2D eigenvalue weighted by Crippen LogP contribution is 2.26. The summed E-state index contributed by atoms with van der Waals surface area (Å²) in [5.41, 5.74) is 4.78. The fraction of sp³-hybridized carbons (Fsp3) is 0.440. The highest BCUT2D eigenvalue weighted by atomic mass is 16.3. The van der Waals surface area contributed by atoms with E-state index in [9.17, 15) is 5.11 Å². The minimum Gasteiger partial charge on any atom is -0.388 e. The van der Waals surface area contributed by atoms with E-state index >= 15 is 0 Å². The Morgan fingerprint density at radius 1 is 1.17 bits per heavy atom. The van der Waals surface area contributed by atoms with Crippen LogP contribution in [0, 0.1) is 0 Å². The molecule has 0 aliphatic rings. The molecule has 0 saturated heterocycles. The zero-order chi connectivity index (χ0) is 22.4. The van der Waals surface area contributed by atoms with Gasteiger partial charge in [0, 0.05) is 36.5 Å². The number of allylic oxidation sites excluding steroid dienone is 3. The van der Waals surface area contributed by atoms with Crippen LogP contribution in [0.25, 0.3) is 16.5 Å². The number of nitrogens with one attached hydrogen (secondary N) is 1. The number of pyridine rings is 2. The second kappa shape index (κ2) is 14.5. The van der Waals surface area contributed by atoms with Crippen molar-refractivity contribution in [2.75, 3.05) is 12.4 Å². The van der Waals surface area contributed by atoms with Crippen LogP contribution in [-0.2, 0) is 0 Å². The van der Waals surface area contributed by atoms with E-state index in [1.165, 1.54) is 6.42 Å². The quantitative estimate of drug-likeness (QED) is 0.527. The predicted octanol–water partition coefficient (Wildman–Crippen LogP) is 6.79. The van der Waals surface area contributed by atoms with Gasteiger partial charge in [0.05, 0.1) is 11.6 Å². The Morgan fingerprint density at radius 2 is 1.79 bits per heavy atom. The smallest absolute Gasteiger partial charge is 0.127 e. The lowest BCUT2D eigenvalue weighted by molar-refractivity contribution is 0.211. The third kappa shape index (κ3) is 8.20. The van der Waals surface area contributed by atoms with E-state index in [2.05, 4.69) is 47.9 Å². The summed E-state index contributed by atoms with van der Waals surface area (Å²) in [6.45, 7) is 18.2. The summed E-state index contributed by atoms with van der Waals surface area (Å²) >= 11 is 0. The van der Waals surface area contributed by atoms with Crippen molar-refractivity contribution < 1.29 is 5.11 Å². The molecule has 4 heteroatoms. The Hall–Kier alpha value is -2.46. The summed E-state index contributed by atoms with van der Waals surface area (Å²) in [5.74, 6) is 0.801. The molecule has 0 aromatic carbocycles. The Morgan fingerprint density at radius 3 is 2.31 bits per heavy atom. The standard InChI is InChI=1S/C20H25N3O.C3H8.C2H6/c1-6-17(13(3)8-14(4)19(24)7-2)15-9-16-12-23-20(21-5)10-18(16)22-11-15;1-3-2;1-2/h6,8-12,19,24H,4,7H2,1-3,5H3,(H,21,23);3H2,1-2H3;1-2H3/b13-8-,17-6+;;. The molecule has 0 aliphatic carbocycles. The Bertz CT molecular complexity index is 822. The number of fused-ring (bicyclic) bond motifs is 1. The molecule has 0 aliphatic heterocycles. The van der Waals surface area contributed by atoms with E-state index in [0.29, 0.717) is 6.42 Å². The number of hydrogen-bond acceptors (Lipinski definition) is 4. The van der Waals surface area contributed by atoms with Crippen LogP contribution >= 0.6 is 0 Å². The van der Waals surface area contributed by atoms with E-state index in [1.807, 2.05) is 66.2 Å². The maximum Gasteiger partial charge on any atom is 0.127 e. The van der Waals surface area contributed by atoms with Gasteiger partial charge in [0.2, 0.25) is 0 Å². The maximum atomic E-state index is 9.90. The van der Waals surface area contributed by atoms with E-state index in [0.717, 1.165) is 39.0 Å². The van der Waals surface area contributed by atoms with Crippen LogP contribution in [0.4, 0.5) is 5.82 Å². The molecule has 2 aromatic rings. The highest BCUT2D eigenvalue weighted by Gasteiger charge is 2.09. The molecule has 1 unspecified atom stereocenters. The van der Waals surface area contributed by atoms with Crippen LogP contribution < -0.4 is 5.32 Å². The fourth-order valence-electron chi connectivity index (χ4n) is 2.64. The fourth-order valence-corrected chi connectivity index (χ4v) is 2.64. The van der Waals surface area contributed by atoms with Gasteiger partial charge < -0.3 is 10.4 Å². The molecule has 0 spiro atoms. The van der Waals surface area contributed by atoms with Gasteiger partial charge >= 0.3 is 0 Å². The average Bonchev–Trinajstić information content (AvgIpc) is 2.75. The number of anilines is 1. The lowest BCUT2D eigenvalue weighted by Crippen LogP contribution is -2.06. The third-order valence-corrected chi connectivity index (χ3v) is 4.06. The third-order valence-electron chi connectivity index (χ3n) is 4.06. The van der Waals surface area contributed by atoms with Crippen molar-refractivity contribution in [2.45, 2.75) is 67.4 Å². The van der Waals surface area contributed by atoms with E-state index in [1.54, 1.807) is 0 Å². The van der Waals surface area contributed by atoms with Crippen LogP contribution in [0.3, 0.4) is 0 Å². The second-order valence-corrected chi connectivity index (χ2v) is 6.47. The monoisotopic (exact) mass is 397 g/mol. The molecule has 2 rings (SSSR count). The number of nitrogens with zero attached hydrogens (tertiary/aromatic N) is 2. The topological polar surface area (TPSA) is 58.0 Å². The molecule has 2 heterocycles. The van der Waals surface area contributed by atoms with Gasteiger partial charge in [0.25, 0.3) is 0 Å². The first-order chi connectivity index (χ1) is 13.9. The van der Waals surface area contributed by atoms with Crippen molar-refractivity contribution in [2.24, 2.45) is 0 Å². The molecule has 2 N–H and O–H groups in total. The Labute approximate surface area is 177 Å². The van der Waals surface area contributed by atoms with Gasteiger partial charge in [0.1, 0.15) is 5.82 Å². The molecule has 0 saturated carbocycles. The van der Waals surface area contributed by atoms with Crippen LogP contribution in [0.15, 0.2) is 54.4 Å². The molecular formula is C25H39N3O. The lowest BCUT2D eigenvalue weighted by atomic mass is 9.96. The summed E-state index contributed by atoms with van der Waals surface area (Å²) in [5, 5.41) is 13.9. The lowest BCUT2D eigenvalue weighted by Gasteiger charge is -2.12. The van der Waals surface area contributed by atoms with Crippen LogP contribution in [0.2, 0.25) is 0 Å². The molecular weight excluding hydrogens is 358 g/mol. The number of rotatable bonds is 6. The van der Waals surface area contributed by atoms with Crippen LogP contribution in [0.1, 0.15) is 66.9 Å². The molecule has 0 amide bonds. The van der Waals surface area contributed by atoms with Crippen molar-refractivity contribution in [3.8, 4) is 0 Å². The highest BCUT2D eigenvalue weighted by molar-refractivity contribution is 5.87. The zero-order valence-electron chi connectivity index (χ0n) is 19.5. The SMILES string of the molecule is C=C(/C=C(C)\C(=C/C)c1cnc2cc(NC)ncc2c1)C(O)CC.CC.CCC.